The molecule has 0 spiro atoms. The van der Waals surface area contributed by atoms with Crippen LogP contribution in [-0.2, 0) is 5.41 Å². The molecule has 0 radical (unpaired) electrons. The average Bonchev–Trinajstić information content (AvgIpc) is 3.85. The van der Waals surface area contributed by atoms with Crippen LogP contribution in [-0.4, -0.2) is 9.97 Å². The molecule has 0 fully saturated rings. The summed E-state index contributed by atoms with van der Waals surface area (Å²) >= 11 is 0. The Balaban J connectivity index is 1.06. The van der Waals surface area contributed by atoms with Gasteiger partial charge in [-0.25, -0.2) is 9.97 Å². The van der Waals surface area contributed by atoms with E-state index < -0.39 is 0 Å². The van der Waals surface area contributed by atoms with E-state index in [1.54, 1.807) is 0 Å². The third-order valence-electron chi connectivity index (χ3n) is 13.1. The maximum Gasteiger partial charge on any atom is 0.160 e. The smallest absolute Gasteiger partial charge is 0.160 e. The average molecular weight is 819 g/mol. The van der Waals surface area contributed by atoms with Crippen LogP contribution in [0.15, 0.2) is 223 Å². The highest BCUT2D eigenvalue weighted by Gasteiger charge is 2.36. The predicted octanol–water partition coefficient (Wildman–Crippen LogP) is 16.4. The molecule has 0 aliphatic heterocycles. The Kier molecular flexibility index (Phi) is 8.84. The number of hydrogen-bond acceptors (Lipinski definition) is 3. The van der Waals surface area contributed by atoms with Crippen molar-refractivity contribution in [3.05, 3.63) is 230 Å². The Hall–Kier alpha value is -8.14. The number of fused-ring (bicyclic) bond motifs is 6. The van der Waals surface area contributed by atoms with Crippen LogP contribution >= 0.6 is 0 Å². The third-order valence-corrected chi connectivity index (χ3v) is 13.1. The van der Waals surface area contributed by atoms with Crippen LogP contribution in [0, 0.1) is 0 Å². The van der Waals surface area contributed by atoms with Crippen LogP contribution < -0.4 is 0 Å². The summed E-state index contributed by atoms with van der Waals surface area (Å²) in [5.74, 6) is 0.678. The van der Waals surface area contributed by atoms with E-state index in [1.807, 2.05) is 18.2 Å². The van der Waals surface area contributed by atoms with Crippen LogP contribution in [0.4, 0.5) is 0 Å². The maximum atomic E-state index is 6.27. The van der Waals surface area contributed by atoms with Gasteiger partial charge in [-0.3, -0.25) is 0 Å². The summed E-state index contributed by atoms with van der Waals surface area (Å²) in [6.07, 6.45) is 0. The number of aromatic nitrogens is 2. The van der Waals surface area contributed by atoms with Crippen molar-refractivity contribution in [2.75, 3.05) is 0 Å². The normalized spacial score (nSPS) is 12.7. The largest absolute Gasteiger partial charge is 0.456 e. The number of nitrogens with zero attached hydrogens (tertiary/aromatic N) is 2. The molecule has 2 aromatic heterocycles. The van der Waals surface area contributed by atoms with Crippen molar-refractivity contribution in [3.8, 4) is 89.5 Å². The number of benzene rings is 9. The Morgan fingerprint density at radius 3 is 1.69 bits per heavy atom. The van der Waals surface area contributed by atoms with Gasteiger partial charge in [0.15, 0.2) is 5.82 Å². The van der Waals surface area contributed by atoms with E-state index in [0.29, 0.717) is 5.82 Å². The lowest BCUT2D eigenvalue weighted by atomic mass is 9.82. The highest BCUT2D eigenvalue weighted by Crippen LogP contribution is 2.52. The second kappa shape index (κ2) is 15.0. The molecule has 12 rings (SSSR count). The van der Waals surface area contributed by atoms with Gasteiger partial charge >= 0.3 is 0 Å². The lowest BCUT2D eigenvalue weighted by Gasteiger charge is -2.21. The molecule has 0 bridgehead atoms. The number of rotatable bonds is 7. The second-order valence-corrected chi connectivity index (χ2v) is 17.3. The van der Waals surface area contributed by atoms with E-state index in [4.69, 9.17) is 14.4 Å². The first kappa shape index (κ1) is 37.6. The summed E-state index contributed by atoms with van der Waals surface area (Å²) in [6, 6.07) is 78.0. The summed E-state index contributed by atoms with van der Waals surface area (Å²) in [5, 5.41) is 2.20. The van der Waals surface area contributed by atoms with Gasteiger partial charge in [0.1, 0.15) is 11.2 Å². The molecule has 3 heteroatoms. The Bertz CT molecular complexity index is 3580. The molecular weight excluding hydrogens is 777 g/mol. The van der Waals surface area contributed by atoms with Crippen LogP contribution in [0.25, 0.3) is 111 Å². The second-order valence-electron chi connectivity index (χ2n) is 17.3. The van der Waals surface area contributed by atoms with Crippen LogP contribution in [0.3, 0.4) is 0 Å². The summed E-state index contributed by atoms with van der Waals surface area (Å²) in [7, 11) is 0. The van der Waals surface area contributed by atoms with E-state index in [9.17, 15) is 0 Å². The molecule has 1 aliphatic rings. The Morgan fingerprint density at radius 2 is 0.875 bits per heavy atom. The van der Waals surface area contributed by atoms with Crippen molar-refractivity contribution >= 4 is 21.9 Å². The molecule has 11 aromatic rings. The molecule has 1 aliphatic carbocycles. The molecular formula is C61H42N2O. The monoisotopic (exact) mass is 818 g/mol. The minimum atomic E-state index is -0.0846. The van der Waals surface area contributed by atoms with Gasteiger partial charge in [-0.15, -0.1) is 0 Å². The predicted molar refractivity (Wildman–Crippen MR) is 265 cm³/mol. The molecule has 0 amide bonds. The fourth-order valence-corrected chi connectivity index (χ4v) is 9.91. The molecule has 0 N–H and O–H groups in total. The molecule has 0 atom stereocenters. The van der Waals surface area contributed by atoms with Crippen molar-refractivity contribution in [2.45, 2.75) is 19.3 Å². The minimum absolute atomic E-state index is 0.0846. The molecule has 0 saturated heterocycles. The molecule has 0 unspecified atom stereocenters. The minimum Gasteiger partial charge on any atom is -0.456 e. The number of furan rings is 1. The van der Waals surface area contributed by atoms with Gasteiger partial charge in [0.25, 0.3) is 0 Å². The Morgan fingerprint density at radius 1 is 0.328 bits per heavy atom. The van der Waals surface area contributed by atoms with Gasteiger partial charge in [0, 0.05) is 32.9 Å². The van der Waals surface area contributed by atoms with Gasteiger partial charge < -0.3 is 4.42 Å². The number of para-hydroxylation sites is 1. The molecule has 64 heavy (non-hydrogen) atoms. The van der Waals surface area contributed by atoms with Crippen molar-refractivity contribution in [1.82, 2.24) is 9.97 Å². The van der Waals surface area contributed by atoms with Gasteiger partial charge in [0.2, 0.25) is 0 Å². The fourth-order valence-electron chi connectivity index (χ4n) is 9.91. The maximum absolute atomic E-state index is 6.27. The molecule has 9 aromatic carbocycles. The zero-order chi connectivity index (χ0) is 42.8. The van der Waals surface area contributed by atoms with Gasteiger partial charge in [-0.1, -0.05) is 184 Å². The standard InChI is InChI=1S/C61H42N2O/c1-61(2)53-28-13-11-26-51(53)59-49(27-16-29-54(59)61)42-21-15-22-43(33-42)55-38-56(63-60(62-55)40-19-7-4-8-20-40)46-35-44(41-31-32-58-52(37-41)50-25-12-14-30-57(50)64-58)34-45(36-46)48-24-10-9-23-47(48)39-17-5-3-6-18-39/h3-38H,1-2H3. The van der Waals surface area contributed by atoms with Crippen LogP contribution in [0.5, 0.6) is 0 Å². The summed E-state index contributed by atoms with van der Waals surface area (Å²) in [4.78, 5) is 10.7. The van der Waals surface area contributed by atoms with Gasteiger partial charge in [-0.05, 0) is 115 Å². The molecule has 302 valence electrons. The highest BCUT2D eigenvalue weighted by molar-refractivity contribution is 6.06. The van der Waals surface area contributed by atoms with Crippen LogP contribution in [0.1, 0.15) is 25.0 Å². The Labute approximate surface area is 373 Å². The van der Waals surface area contributed by atoms with E-state index in [2.05, 4.69) is 214 Å². The van der Waals surface area contributed by atoms with Gasteiger partial charge in [0.05, 0.1) is 11.4 Å². The summed E-state index contributed by atoms with van der Waals surface area (Å²) < 4.78 is 6.27. The fraction of sp³-hybridized carbons (Fsp3) is 0.0492. The van der Waals surface area contributed by atoms with E-state index in [0.717, 1.165) is 77.8 Å². The molecule has 3 nitrogen and oxygen atoms in total. The van der Waals surface area contributed by atoms with Crippen molar-refractivity contribution in [3.63, 3.8) is 0 Å². The lowest BCUT2D eigenvalue weighted by molar-refractivity contribution is 0.660. The van der Waals surface area contributed by atoms with Crippen molar-refractivity contribution in [1.29, 1.82) is 0 Å². The first-order chi connectivity index (χ1) is 31.5. The van der Waals surface area contributed by atoms with E-state index in [1.165, 1.54) is 38.9 Å². The van der Waals surface area contributed by atoms with Crippen LogP contribution in [0.2, 0.25) is 0 Å². The zero-order valence-corrected chi connectivity index (χ0v) is 35.6. The zero-order valence-electron chi connectivity index (χ0n) is 35.6. The SMILES string of the molecule is CC1(C)c2ccccc2-c2c(-c3cccc(-c4cc(-c5cc(-c6ccc7oc8ccccc8c7c6)cc(-c6ccccc6-c6ccccc6)c5)nc(-c5ccccc5)n4)c3)cccc21. The summed E-state index contributed by atoms with van der Waals surface area (Å²) in [6.45, 7) is 4.67. The first-order valence-electron chi connectivity index (χ1n) is 22.0. The van der Waals surface area contributed by atoms with E-state index in [-0.39, 0.29) is 5.41 Å². The first-order valence-corrected chi connectivity index (χ1v) is 22.0. The molecule has 0 saturated carbocycles. The lowest BCUT2D eigenvalue weighted by Crippen LogP contribution is -2.14. The number of hydrogen-bond donors (Lipinski definition) is 0. The van der Waals surface area contributed by atoms with Crippen molar-refractivity contribution < 1.29 is 4.42 Å². The third kappa shape index (κ3) is 6.36. The highest BCUT2D eigenvalue weighted by atomic mass is 16.3. The topological polar surface area (TPSA) is 38.9 Å². The van der Waals surface area contributed by atoms with Gasteiger partial charge in [-0.2, -0.15) is 0 Å². The molecule has 2 heterocycles. The van der Waals surface area contributed by atoms with Crippen molar-refractivity contribution in [2.24, 2.45) is 0 Å². The quantitative estimate of drug-likeness (QED) is 0.161. The van der Waals surface area contributed by atoms with E-state index >= 15 is 0 Å². The summed E-state index contributed by atoms with van der Waals surface area (Å²) in [5.41, 5.74) is 20.9.